The molecule has 0 unspecified atom stereocenters. The second-order valence-electron chi connectivity index (χ2n) is 3.18. The SMILES string of the molecule is NCc1cnc(C(F)(F)F)c(C(F)F)c1CO. The summed E-state index contributed by atoms with van der Waals surface area (Å²) in [5.74, 6) is 0. The Hall–Kier alpha value is -1.28. The molecule has 0 saturated carbocycles. The molecule has 0 aliphatic carbocycles. The Morgan fingerprint density at radius 2 is 1.94 bits per heavy atom. The van der Waals surface area contributed by atoms with Crippen molar-refractivity contribution in [3.05, 3.63) is 28.6 Å². The van der Waals surface area contributed by atoms with Gasteiger partial charge in [0.1, 0.15) is 0 Å². The molecule has 8 heteroatoms. The Balaban J connectivity index is 3.54. The first-order valence-corrected chi connectivity index (χ1v) is 4.49. The van der Waals surface area contributed by atoms with Crippen molar-refractivity contribution in [1.29, 1.82) is 0 Å². The zero-order valence-corrected chi connectivity index (χ0v) is 8.43. The molecule has 3 N–H and O–H groups in total. The number of nitrogens with zero attached hydrogens (tertiary/aromatic N) is 1. The van der Waals surface area contributed by atoms with Gasteiger partial charge in [0.15, 0.2) is 5.69 Å². The van der Waals surface area contributed by atoms with Crippen LogP contribution >= 0.6 is 0 Å². The van der Waals surface area contributed by atoms with Gasteiger partial charge in [-0.2, -0.15) is 13.2 Å². The summed E-state index contributed by atoms with van der Waals surface area (Å²) >= 11 is 0. The van der Waals surface area contributed by atoms with Crippen LogP contribution in [-0.4, -0.2) is 10.1 Å². The molecular formula is C9H9F5N2O. The van der Waals surface area contributed by atoms with Gasteiger partial charge >= 0.3 is 6.18 Å². The number of nitrogens with two attached hydrogens (primary N) is 1. The van der Waals surface area contributed by atoms with E-state index in [-0.39, 0.29) is 12.1 Å². The zero-order chi connectivity index (χ0) is 13.2. The highest BCUT2D eigenvalue weighted by molar-refractivity contribution is 5.38. The van der Waals surface area contributed by atoms with E-state index in [2.05, 4.69) is 4.98 Å². The average Bonchev–Trinajstić information content (AvgIpc) is 2.25. The van der Waals surface area contributed by atoms with E-state index in [9.17, 15) is 22.0 Å². The molecule has 3 nitrogen and oxygen atoms in total. The van der Waals surface area contributed by atoms with Gasteiger partial charge in [0.25, 0.3) is 6.43 Å². The van der Waals surface area contributed by atoms with Crippen LogP contribution in [0.1, 0.15) is 28.8 Å². The molecule has 0 amide bonds. The number of halogens is 5. The number of aliphatic hydroxyl groups excluding tert-OH is 1. The summed E-state index contributed by atoms with van der Waals surface area (Å²) < 4.78 is 62.6. The first kappa shape index (κ1) is 13.8. The second-order valence-corrected chi connectivity index (χ2v) is 3.18. The van der Waals surface area contributed by atoms with Crippen LogP contribution < -0.4 is 5.73 Å². The fourth-order valence-electron chi connectivity index (χ4n) is 1.43. The minimum Gasteiger partial charge on any atom is -0.392 e. The van der Waals surface area contributed by atoms with E-state index in [0.29, 0.717) is 0 Å². The highest BCUT2D eigenvalue weighted by Crippen LogP contribution is 2.37. The predicted molar refractivity (Wildman–Crippen MR) is 48.0 cm³/mol. The molecule has 0 spiro atoms. The molecule has 0 saturated heterocycles. The molecular weight excluding hydrogens is 247 g/mol. The van der Waals surface area contributed by atoms with Gasteiger partial charge in [-0.3, -0.25) is 4.98 Å². The topological polar surface area (TPSA) is 59.1 Å². The third-order valence-corrected chi connectivity index (χ3v) is 2.18. The van der Waals surface area contributed by atoms with E-state index < -0.39 is 36.0 Å². The largest absolute Gasteiger partial charge is 0.433 e. The molecule has 1 aromatic rings. The molecule has 0 bridgehead atoms. The average molecular weight is 256 g/mol. The standard InChI is InChI=1S/C9H9F5N2O/c10-8(11)6-5(3-17)4(1-15)2-16-7(6)9(12,13)14/h2,8,17H,1,3,15H2. The van der Waals surface area contributed by atoms with Gasteiger partial charge in [0.2, 0.25) is 0 Å². The number of rotatable bonds is 3. The quantitative estimate of drug-likeness (QED) is 0.813. The van der Waals surface area contributed by atoms with Crippen molar-refractivity contribution >= 4 is 0 Å². The number of pyridine rings is 1. The fourth-order valence-corrected chi connectivity index (χ4v) is 1.43. The molecule has 0 radical (unpaired) electrons. The van der Waals surface area contributed by atoms with Gasteiger partial charge in [-0.25, -0.2) is 8.78 Å². The normalized spacial score (nSPS) is 12.2. The molecule has 0 aliphatic heterocycles. The summed E-state index contributed by atoms with van der Waals surface area (Å²) in [5, 5.41) is 8.89. The Morgan fingerprint density at radius 1 is 1.35 bits per heavy atom. The van der Waals surface area contributed by atoms with E-state index in [4.69, 9.17) is 10.8 Å². The fraction of sp³-hybridized carbons (Fsp3) is 0.444. The molecule has 0 aliphatic rings. The smallest absolute Gasteiger partial charge is 0.392 e. The van der Waals surface area contributed by atoms with E-state index in [1.54, 1.807) is 0 Å². The lowest BCUT2D eigenvalue weighted by molar-refractivity contribution is -0.143. The predicted octanol–water partition coefficient (Wildman–Crippen LogP) is 1.99. The highest BCUT2D eigenvalue weighted by Gasteiger charge is 2.39. The van der Waals surface area contributed by atoms with Crippen molar-refractivity contribution in [2.75, 3.05) is 0 Å². The first-order chi connectivity index (χ1) is 7.82. The van der Waals surface area contributed by atoms with Gasteiger partial charge in [0, 0.05) is 12.7 Å². The van der Waals surface area contributed by atoms with Gasteiger partial charge in [-0.15, -0.1) is 0 Å². The van der Waals surface area contributed by atoms with Crippen molar-refractivity contribution in [2.24, 2.45) is 5.73 Å². The minimum atomic E-state index is -5.00. The van der Waals surface area contributed by atoms with Crippen molar-refractivity contribution in [1.82, 2.24) is 4.98 Å². The van der Waals surface area contributed by atoms with Crippen LogP contribution in [0.2, 0.25) is 0 Å². The molecule has 17 heavy (non-hydrogen) atoms. The molecule has 96 valence electrons. The van der Waals surface area contributed by atoms with Gasteiger partial charge in [0.05, 0.1) is 12.2 Å². The Bertz CT molecular complexity index is 405. The lowest BCUT2D eigenvalue weighted by Crippen LogP contribution is -2.17. The van der Waals surface area contributed by atoms with Crippen LogP contribution in [0.25, 0.3) is 0 Å². The Labute approximate surface area is 93.1 Å². The molecule has 0 aromatic carbocycles. The number of hydrogen-bond acceptors (Lipinski definition) is 3. The van der Waals surface area contributed by atoms with Crippen molar-refractivity contribution in [3.8, 4) is 0 Å². The van der Waals surface area contributed by atoms with Crippen LogP contribution in [0, 0.1) is 0 Å². The monoisotopic (exact) mass is 256 g/mol. The van der Waals surface area contributed by atoms with Gasteiger partial charge < -0.3 is 10.8 Å². The summed E-state index contributed by atoms with van der Waals surface area (Å²) in [6.45, 7) is -1.22. The zero-order valence-electron chi connectivity index (χ0n) is 8.43. The van der Waals surface area contributed by atoms with Crippen molar-refractivity contribution in [2.45, 2.75) is 25.8 Å². The number of alkyl halides is 5. The highest BCUT2D eigenvalue weighted by atomic mass is 19.4. The van der Waals surface area contributed by atoms with Crippen LogP contribution in [0.15, 0.2) is 6.20 Å². The first-order valence-electron chi connectivity index (χ1n) is 4.49. The number of aliphatic hydroxyl groups is 1. The third-order valence-electron chi connectivity index (χ3n) is 2.18. The molecule has 1 heterocycles. The Morgan fingerprint density at radius 3 is 2.29 bits per heavy atom. The molecule has 0 fully saturated rings. The maximum atomic E-state index is 12.6. The second kappa shape index (κ2) is 4.92. The number of aromatic nitrogens is 1. The lowest BCUT2D eigenvalue weighted by atomic mass is 10.0. The summed E-state index contributed by atoms with van der Waals surface area (Å²) in [4.78, 5) is 2.95. The Kier molecular flexibility index (Phi) is 3.99. The summed E-state index contributed by atoms with van der Waals surface area (Å²) in [5.41, 5.74) is 1.65. The van der Waals surface area contributed by atoms with Gasteiger partial charge in [-0.05, 0) is 11.1 Å². The van der Waals surface area contributed by atoms with E-state index >= 15 is 0 Å². The number of hydrogen-bond donors (Lipinski definition) is 2. The lowest BCUT2D eigenvalue weighted by Gasteiger charge is -2.16. The third kappa shape index (κ3) is 2.70. The molecule has 0 atom stereocenters. The minimum absolute atomic E-state index is 0.0317. The van der Waals surface area contributed by atoms with E-state index in [0.717, 1.165) is 6.20 Å². The maximum Gasteiger partial charge on any atom is 0.433 e. The van der Waals surface area contributed by atoms with Crippen LogP contribution in [0.5, 0.6) is 0 Å². The van der Waals surface area contributed by atoms with Crippen molar-refractivity contribution in [3.63, 3.8) is 0 Å². The molecule has 1 aromatic heterocycles. The van der Waals surface area contributed by atoms with Crippen LogP contribution in [0.3, 0.4) is 0 Å². The maximum absolute atomic E-state index is 12.6. The summed E-state index contributed by atoms with van der Waals surface area (Å²) in [6.07, 6.45) is -7.63. The van der Waals surface area contributed by atoms with E-state index in [1.165, 1.54) is 0 Å². The summed E-state index contributed by atoms with van der Waals surface area (Å²) in [7, 11) is 0. The van der Waals surface area contributed by atoms with E-state index in [1.807, 2.05) is 0 Å². The van der Waals surface area contributed by atoms with Crippen molar-refractivity contribution < 1.29 is 27.1 Å². The van der Waals surface area contributed by atoms with Crippen LogP contribution in [-0.2, 0) is 19.3 Å². The van der Waals surface area contributed by atoms with Crippen LogP contribution in [0.4, 0.5) is 22.0 Å². The van der Waals surface area contributed by atoms with Gasteiger partial charge in [-0.1, -0.05) is 0 Å². The molecule has 1 rings (SSSR count). The summed E-state index contributed by atoms with van der Waals surface area (Å²) in [6, 6.07) is 0.